The second-order valence-electron chi connectivity index (χ2n) is 6.09. The number of hydrogen-bond acceptors (Lipinski definition) is 4. The summed E-state index contributed by atoms with van der Waals surface area (Å²) in [4.78, 5) is 11.9. The lowest BCUT2D eigenvalue weighted by molar-refractivity contribution is 0.338. The van der Waals surface area contributed by atoms with Crippen molar-refractivity contribution in [3.05, 3.63) is 66.7 Å². The second kappa shape index (κ2) is 6.88. The SMILES string of the molecule is CCOc1ccc(Nc2ncnc3ccc(-c4cc[nH]c4)cc23)cc1C. The Kier molecular flexibility index (Phi) is 4.27. The van der Waals surface area contributed by atoms with Crippen LogP contribution in [0.15, 0.2) is 61.2 Å². The highest BCUT2D eigenvalue weighted by Gasteiger charge is 2.08. The van der Waals surface area contributed by atoms with Gasteiger partial charge in [0.1, 0.15) is 17.9 Å². The standard InChI is InChI=1S/C21H20N4O/c1-3-26-20-7-5-17(10-14(20)2)25-21-18-11-15(16-8-9-22-12-16)4-6-19(18)23-13-24-21/h4-13,22H,3H2,1-2H3,(H,23,24,25). The van der Waals surface area contributed by atoms with Gasteiger partial charge in [-0.05, 0) is 66.9 Å². The summed E-state index contributed by atoms with van der Waals surface area (Å²) in [5.41, 5.74) is 5.23. The molecule has 0 atom stereocenters. The molecule has 2 aromatic heterocycles. The number of hydrogen-bond donors (Lipinski definition) is 2. The van der Waals surface area contributed by atoms with Crippen molar-refractivity contribution in [1.82, 2.24) is 15.0 Å². The molecule has 0 bridgehead atoms. The summed E-state index contributed by atoms with van der Waals surface area (Å²) < 4.78 is 5.61. The summed E-state index contributed by atoms with van der Waals surface area (Å²) in [5.74, 6) is 1.69. The summed E-state index contributed by atoms with van der Waals surface area (Å²) in [6.07, 6.45) is 5.48. The molecular formula is C21H20N4O. The van der Waals surface area contributed by atoms with Gasteiger partial charge in [-0.25, -0.2) is 9.97 Å². The molecule has 0 fully saturated rings. The lowest BCUT2D eigenvalue weighted by Crippen LogP contribution is -1.98. The minimum Gasteiger partial charge on any atom is -0.494 e. The van der Waals surface area contributed by atoms with Crippen LogP contribution in [0.3, 0.4) is 0 Å². The van der Waals surface area contributed by atoms with Crippen molar-refractivity contribution in [2.75, 3.05) is 11.9 Å². The van der Waals surface area contributed by atoms with Crippen molar-refractivity contribution < 1.29 is 4.74 Å². The summed E-state index contributed by atoms with van der Waals surface area (Å²) in [6, 6.07) is 14.3. The van der Waals surface area contributed by atoms with Gasteiger partial charge in [0.05, 0.1) is 12.1 Å². The normalized spacial score (nSPS) is 10.8. The molecule has 2 aromatic carbocycles. The Balaban J connectivity index is 1.72. The van der Waals surface area contributed by atoms with Crippen molar-refractivity contribution in [2.24, 2.45) is 0 Å². The zero-order valence-corrected chi connectivity index (χ0v) is 14.8. The molecule has 5 nitrogen and oxygen atoms in total. The number of nitrogens with zero attached hydrogens (tertiary/aromatic N) is 2. The lowest BCUT2D eigenvalue weighted by atomic mass is 10.1. The Labute approximate surface area is 152 Å². The van der Waals surface area contributed by atoms with Crippen LogP contribution in [0.4, 0.5) is 11.5 Å². The molecule has 0 aliphatic heterocycles. The van der Waals surface area contributed by atoms with E-state index in [4.69, 9.17) is 4.74 Å². The third-order valence-corrected chi connectivity index (χ3v) is 4.30. The zero-order chi connectivity index (χ0) is 17.9. The topological polar surface area (TPSA) is 62.8 Å². The van der Waals surface area contributed by atoms with Crippen molar-refractivity contribution in [3.8, 4) is 16.9 Å². The highest BCUT2D eigenvalue weighted by Crippen LogP contribution is 2.29. The number of fused-ring (bicyclic) bond motifs is 1. The van der Waals surface area contributed by atoms with Gasteiger partial charge in [0.15, 0.2) is 0 Å². The van der Waals surface area contributed by atoms with Crippen LogP contribution in [0.25, 0.3) is 22.0 Å². The number of nitrogens with one attached hydrogen (secondary N) is 2. The highest BCUT2D eigenvalue weighted by atomic mass is 16.5. The fourth-order valence-electron chi connectivity index (χ4n) is 3.02. The quantitative estimate of drug-likeness (QED) is 0.530. The first-order chi connectivity index (χ1) is 12.7. The van der Waals surface area contributed by atoms with Crippen LogP contribution in [0.1, 0.15) is 12.5 Å². The van der Waals surface area contributed by atoms with Crippen LogP contribution >= 0.6 is 0 Å². The van der Waals surface area contributed by atoms with E-state index in [1.54, 1.807) is 6.33 Å². The van der Waals surface area contributed by atoms with E-state index in [0.717, 1.165) is 44.8 Å². The molecular weight excluding hydrogens is 324 g/mol. The molecule has 0 spiro atoms. The largest absolute Gasteiger partial charge is 0.494 e. The number of ether oxygens (including phenoxy) is 1. The van der Waals surface area contributed by atoms with E-state index < -0.39 is 0 Å². The molecule has 2 heterocycles. The van der Waals surface area contributed by atoms with Gasteiger partial charge >= 0.3 is 0 Å². The Morgan fingerprint density at radius 2 is 1.96 bits per heavy atom. The van der Waals surface area contributed by atoms with E-state index in [2.05, 4.69) is 38.5 Å². The van der Waals surface area contributed by atoms with Gasteiger partial charge in [0.25, 0.3) is 0 Å². The number of aryl methyl sites for hydroxylation is 1. The predicted molar refractivity (Wildman–Crippen MR) is 105 cm³/mol. The Morgan fingerprint density at radius 3 is 2.73 bits per heavy atom. The van der Waals surface area contributed by atoms with Crippen LogP contribution in [0.2, 0.25) is 0 Å². The molecule has 4 rings (SSSR count). The minimum atomic E-state index is 0.659. The van der Waals surface area contributed by atoms with Crippen LogP contribution in [0, 0.1) is 6.92 Å². The van der Waals surface area contributed by atoms with Gasteiger partial charge < -0.3 is 15.0 Å². The summed E-state index contributed by atoms with van der Waals surface area (Å²) in [5, 5.41) is 4.40. The first-order valence-electron chi connectivity index (χ1n) is 8.63. The van der Waals surface area contributed by atoms with Gasteiger partial charge in [0.2, 0.25) is 0 Å². The summed E-state index contributed by atoms with van der Waals surface area (Å²) in [7, 11) is 0. The van der Waals surface area contributed by atoms with Gasteiger partial charge in [-0.1, -0.05) is 6.07 Å². The third kappa shape index (κ3) is 3.11. The van der Waals surface area contributed by atoms with E-state index in [0.29, 0.717) is 6.61 Å². The molecule has 0 saturated heterocycles. The monoisotopic (exact) mass is 344 g/mol. The number of aromatic amines is 1. The van der Waals surface area contributed by atoms with Crippen LogP contribution < -0.4 is 10.1 Å². The fourth-order valence-corrected chi connectivity index (χ4v) is 3.02. The molecule has 0 amide bonds. The molecule has 26 heavy (non-hydrogen) atoms. The van der Waals surface area contributed by atoms with E-state index >= 15 is 0 Å². The average molecular weight is 344 g/mol. The van der Waals surface area contributed by atoms with Gasteiger partial charge in [-0.15, -0.1) is 0 Å². The molecule has 0 aliphatic carbocycles. The first kappa shape index (κ1) is 16.1. The smallest absolute Gasteiger partial charge is 0.141 e. The third-order valence-electron chi connectivity index (χ3n) is 4.30. The average Bonchev–Trinajstić information content (AvgIpc) is 3.19. The molecule has 0 radical (unpaired) electrons. The van der Waals surface area contributed by atoms with Crippen molar-refractivity contribution in [1.29, 1.82) is 0 Å². The molecule has 0 saturated carbocycles. The molecule has 4 aromatic rings. The molecule has 5 heteroatoms. The Hall–Kier alpha value is -3.34. The lowest BCUT2D eigenvalue weighted by Gasteiger charge is -2.12. The second-order valence-corrected chi connectivity index (χ2v) is 6.09. The highest BCUT2D eigenvalue weighted by molar-refractivity contribution is 5.93. The molecule has 0 aliphatic rings. The number of rotatable bonds is 5. The maximum atomic E-state index is 5.61. The minimum absolute atomic E-state index is 0.659. The van der Waals surface area contributed by atoms with Gasteiger partial charge in [0, 0.05) is 23.5 Å². The van der Waals surface area contributed by atoms with Gasteiger partial charge in [-0.3, -0.25) is 0 Å². The predicted octanol–water partition coefficient (Wildman–Crippen LogP) is 5.08. The van der Waals surface area contributed by atoms with E-state index in [1.165, 1.54) is 0 Å². The maximum Gasteiger partial charge on any atom is 0.141 e. The molecule has 2 N–H and O–H groups in total. The van der Waals surface area contributed by atoms with Gasteiger partial charge in [-0.2, -0.15) is 0 Å². The number of aromatic nitrogens is 3. The summed E-state index contributed by atoms with van der Waals surface area (Å²) in [6.45, 7) is 4.69. The number of H-pyrrole nitrogens is 1. The Morgan fingerprint density at radius 1 is 1.04 bits per heavy atom. The van der Waals surface area contributed by atoms with Crippen molar-refractivity contribution in [2.45, 2.75) is 13.8 Å². The number of anilines is 2. The first-order valence-corrected chi connectivity index (χ1v) is 8.63. The van der Waals surface area contributed by atoms with Crippen LogP contribution in [-0.4, -0.2) is 21.6 Å². The number of benzene rings is 2. The van der Waals surface area contributed by atoms with E-state index in [-0.39, 0.29) is 0 Å². The van der Waals surface area contributed by atoms with Crippen LogP contribution in [0.5, 0.6) is 5.75 Å². The van der Waals surface area contributed by atoms with Crippen molar-refractivity contribution in [3.63, 3.8) is 0 Å². The van der Waals surface area contributed by atoms with E-state index in [9.17, 15) is 0 Å². The zero-order valence-electron chi connectivity index (χ0n) is 14.8. The van der Waals surface area contributed by atoms with Crippen LogP contribution in [-0.2, 0) is 0 Å². The van der Waals surface area contributed by atoms with Crippen molar-refractivity contribution >= 4 is 22.4 Å². The maximum absolute atomic E-state index is 5.61. The fraction of sp³-hybridized carbons (Fsp3) is 0.143. The molecule has 0 unspecified atom stereocenters. The molecule has 130 valence electrons. The van der Waals surface area contributed by atoms with E-state index in [1.807, 2.05) is 50.5 Å². The summed E-state index contributed by atoms with van der Waals surface area (Å²) >= 11 is 0. The Bertz CT molecular complexity index is 1040.